The molecule has 0 saturated carbocycles. The van der Waals surface area contributed by atoms with Gasteiger partial charge in [0, 0.05) is 17.2 Å². The number of hydrogen-bond acceptors (Lipinski definition) is 3. The van der Waals surface area contributed by atoms with Crippen LogP contribution in [0.4, 0.5) is 11.4 Å². The Morgan fingerprint density at radius 3 is 2.89 bits per heavy atom. The largest absolute Gasteiger partial charge is 0.396 e. The molecule has 2 rings (SSSR count). The zero-order valence-corrected chi connectivity index (χ0v) is 12.4. The fourth-order valence-electron chi connectivity index (χ4n) is 1.70. The minimum atomic E-state index is -0.309. The van der Waals surface area contributed by atoms with Crippen LogP contribution in [-0.2, 0) is 6.54 Å². The number of halogens is 1. The van der Waals surface area contributed by atoms with E-state index >= 15 is 0 Å². The van der Waals surface area contributed by atoms with Gasteiger partial charge in [0.15, 0.2) is 5.69 Å². The molecule has 1 aromatic carbocycles. The third-order valence-corrected chi connectivity index (χ3v) is 3.82. The predicted octanol–water partition coefficient (Wildman–Crippen LogP) is 2.81. The molecule has 3 N–H and O–H groups in total. The average molecular weight is 323 g/mol. The van der Waals surface area contributed by atoms with Crippen LogP contribution in [0.15, 0.2) is 28.9 Å². The molecule has 0 bridgehead atoms. The van der Waals surface area contributed by atoms with Gasteiger partial charge >= 0.3 is 0 Å². The number of rotatable bonds is 3. The Labute approximate surface area is 119 Å². The highest BCUT2D eigenvalue weighted by Gasteiger charge is 2.16. The molecule has 6 heteroatoms. The quantitative estimate of drug-likeness (QED) is 0.912. The SMILES string of the molecule is CCn1cc(N)c(C(=O)Nc2cccc(C)c2Br)n1. The lowest BCUT2D eigenvalue weighted by Gasteiger charge is -2.08. The molecule has 0 atom stereocenters. The number of amides is 1. The second-order valence-electron chi connectivity index (χ2n) is 4.18. The highest BCUT2D eigenvalue weighted by molar-refractivity contribution is 9.10. The Morgan fingerprint density at radius 2 is 2.26 bits per heavy atom. The Morgan fingerprint density at radius 1 is 1.53 bits per heavy atom. The third kappa shape index (κ3) is 2.78. The number of nitrogens with zero attached hydrogens (tertiary/aromatic N) is 2. The molecule has 0 aliphatic heterocycles. The summed E-state index contributed by atoms with van der Waals surface area (Å²) in [5.41, 5.74) is 8.16. The van der Waals surface area contributed by atoms with Crippen molar-refractivity contribution in [1.82, 2.24) is 9.78 Å². The Hall–Kier alpha value is -1.82. The molecule has 1 heterocycles. The Kier molecular flexibility index (Phi) is 3.90. The second-order valence-corrected chi connectivity index (χ2v) is 4.97. The lowest BCUT2D eigenvalue weighted by Crippen LogP contribution is -2.15. The van der Waals surface area contributed by atoms with Crippen LogP contribution in [0.25, 0.3) is 0 Å². The molecule has 2 aromatic rings. The fraction of sp³-hybridized carbons (Fsp3) is 0.231. The van der Waals surface area contributed by atoms with Crippen molar-refractivity contribution in [2.75, 3.05) is 11.1 Å². The van der Waals surface area contributed by atoms with Crippen molar-refractivity contribution in [1.29, 1.82) is 0 Å². The van der Waals surface area contributed by atoms with Crippen LogP contribution in [-0.4, -0.2) is 15.7 Å². The second kappa shape index (κ2) is 5.44. The molecule has 0 unspecified atom stereocenters. The Bertz CT molecular complexity index is 621. The van der Waals surface area contributed by atoms with E-state index in [2.05, 4.69) is 26.3 Å². The van der Waals surface area contributed by atoms with Gasteiger partial charge in [0.2, 0.25) is 0 Å². The zero-order valence-electron chi connectivity index (χ0n) is 10.8. The number of carbonyl (C=O) groups is 1. The number of nitrogens with two attached hydrogens (primary N) is 1. The summed E-state index contributed by atoms with van der Waals surface area (Å²) in [4.78, 5) is 12.1. The summed E-state index contributed by atoms with van der Waals surface area (Å²) in [5, 5.41) is 6.94. The fourth-order valence-corrected chi connectivity index (χ4v) is 2.06. The van der Waals surface area contributed by atoms with Gasteiger partial charge in [0.05, 0.1) is 11.4 Å². The molecule has 0 fully saturated rings. The lowest BCUT2D eigenvalue weighted by atomic mass is 10.2. The van der Waals surface area contributed by atoms with Crippen molar-refractivity contribution in [3.8, 4) is 0 Å². The molecule has 1 amide bonds. The van der Waals surface area contributed by atoms with Gasteiger partial charge in [-0.05, 0) is 41.4 Å². The molecule has 0 aliphatic rings. The molecule has 0 radical (unpaired) electrons. The van der Waals surface area contributed by atoms with Gasteiger partial charge in [-0.1, -0.05) is 12.1 Å². The van der Waals surface area contributed by atoms with E-state index in [-0.39, 0.29) is 11.6 Å². The standard InChI is InChI=1S/C13H15BrN4O/c1-3-18-7-9(15)12(17-18)13(19)16-10-6-4-5-8(2)11(10)14/h4-7H,3,15H2,1-2H3,(H,16,19). The Balaban J connectivity index is 2.25. The summed E-state index contributed by atoms with van der Waals surface area (Å²) in [6.45, 7) is 4.57. The number of hydrogen-bond donors (Lipinski definition) is 2. The van der Waals surface area contributed by atoms with E-state index in [1.54, 1.807) is 10.9 Å². The topological polar surface area (TPSA) is 72.9 Å². The van der Waals surface area contributed by atoms with Crippen LogP contribution >= 0.6 is 15.9 Å². The maximum atomic E-state index is 12.1. The van der Waals surface area contributed by atoms with Crippen molar-refractivity contribution in [3.63, 3.8) is 0 Å². The first-order chi connectivity index (χ1) is 9.02. The molecule has 19 heavy (non-hydrogen) atoms. The van der Waals surface area contributed by atoms with E-state index in [0.717, 1.165) is 10.0 Å². The zero-order chi connectivity index (χ0) is 14.0. The van der Waals surface area contributed by atoms with Crippen LogP contribution < -0.4 is 11.1 Å². The van der Waals surface area contributed by atoms with E-state index in [4.69, 9.17) is 5.73 Å². The third-order valence-electron chi connectivity index (χ3n) is 2.77. The summed E-state index contributed by atoms with van der Waals surface area (Å²) >= 11 is 3.45. The maximum Gasteiger partial charge on any atom is 0.278 e. The first-order valence-corrected chi connectivity index (χ1v) is 6.71. The minimum absolute atomic E-state index is 0.246. The van der Waals surface area contributed by atoms with E-state index in [9.17, 15) is 4.79 Å². The molecule has 5 nitrogen and oxygen atoms in total. The van der Waals surface area contributed by atoms with Crippen molar-refractivity contribution >= 4 is 33.2 Å². The van der Waals surface area contributed by atoms with Crippen molar-refractivity contribution in [2.24, 2.45) is 0 Å². The van der Waals surface area contributed by atoms with Crippen molar-refractivity contribution < 1.29 is 4.79 Å². The van der Waals surface area contributed by atoms with E-state index in [1.807, 2.05) is 32.0 Å². The molecule has 0 saturated heterocycles. The van der Waals surface area contributed by atoms with Crippen molar-refractivity contribution in [2.45, 2.75) is 20.4 Å². The smallest absolute Gasteiger partial charge is 0.278 e. The molecule has 0 spiro atoms. The van der Waals surface area contributed by atoms with Gasteiger partial charge < -0.3 is 11.1 Å². The summed E-state index contributed by atoms with van der Waals surface area (Å²) in [6, 6.07) is 5.66. The number of benzene rings is 1. The van der Waals surface area contributed by atoms with Gasteiger partial charge in [-0.25, -0.2) is 0 Å². The molecule has 100 valence electrons. The highest BCUT2D eigenvalue weighted by atomic mass is 79.9. The molecule has 1 aromatic heterocycles. The van der Waals surface area contributed by atoms with Crippen LogP contribution in [0.2, 0.25) is 0 Å². The van der Waals surface area contributed by atoms with E-state index in [0.29, 0.717) is 17.9 Å². The normalized spacial score (nSPS) is 10.5. The number of carbonyl (C=O) groups excluding carboxylic acids is 1. The molecule has 0 aliphatic carbocycles. The maximum absolute atomic E-state index is 12.1. The summed E-state index contributed by atoms with van der Waals surface area (Å²) in [7, 11) is 0. The minimum Gasteiger partial charge on any atom is -0.396 e. The van der Waals surface area contributed by atoms with Gasteiger partial charge in [0.1, 0.15) is 0 Å². The molecular formula is C13H15BrN4O. The summed E-state index contributed by atoms with van der Waals surface area (Å²) in [5.74, 6) is -0.309. The van der Waals surface area contributed by atoms with Gasteiger partial charge in [-0.2, -0.15) is 5.10 Å². The summed E-state index contributed by atoms with van der Waals surface area (Å²) in [6.07, 6.45) is 1.65. The summed E-state index contributed by atoms with van der Waals surface area (Å²) < 4.78 is 2.49. The first-order valence-electron chi connectivity index (χ1n) is 5.92. The van der Waals surface area contributed by atoms with Crippen molar-refractivity contribution in [3.05, 3.63) is 40.1 Å². The number of nitrogen functional groups attached to an aromatic ring is 1. The van der Waals surface area contributed by atoms with E-state index < -0.39 is 0 Å². The van der Waals surface area contributed by atoms with Crippen LogP contribution in [0.3, 0.4) is 0 Å². The van der Waals surface area contributed by atoms with Gasteiger partial charge in [-0.15, -0.1) is 0 Å². The van der Waals surface area contributed by atoms with E-state index in [1.165, 1.54) is 0 Å². The number of nitrogens with one attached hydrogen (secondary N) is 1. The predicted molar refractivity (Wildman–Crippen MR) is 79.1 cm³/mol. The van der Waals surface area contributed by atoms with Crippen LogP contribution in [0, 0.1) is 6.92 Å². The number of anilines is 2. The lowest BCUT2D eigenvalue weighted by molar-refractivity contribution is 0.102. The highest BCUT2D eigenvalue weighted by Crippen LogP contribution is 2.26. The first kappa shape index (κ1) is 13.6. The van der Waals surface area contributed by atoms with Crippen LogP contribution in [0.1, 0.15) is 23.0 Å². The van der Waals surface area contributed by atoms with Crippen LogP contribution in [0.5, 0.6) is 0 Å². The van der Waals surface area contributed by atoms with Gasteiger partial charge in [0.25, 0.3) is 5.91 Å². The average Bonchev–Trinajstić information content (AvgIpc) is 2.76. The van der Waals surface area contributed by atoms with Gasteiger partial charge in [-0.3, -0.25) is 9.48 Å². The number of aromatic nitrogens is 2. The monoisotopic (exact) mass is 322 g/mol. The molecular weight excluding hydrogens is 308 g/mol. The number of aryl methyl sites for hydroxylation is 2.